The molecule has 0 heterocycles. The molecule has 3 aliphatic carbocycles. The van der Waals surface area contributed by atoms with E-state index in [1.165, 1.54) is 25.1 Å². The van der Waals surface area contributed by atoms with Gasteiger partial charge in [-0.1, -0.05) is 19.1 Å². The molecule has 1 aromatic rings. The van der Waals surface area contributed by atoms with Crippen LogP contribution in [0, 0.1) is 11.8 Å². The lowest BCUT2D eigenvalue weighted by Gasteiger charge is -2.53. The van der Waals surface area contributed by atoms with Crippen molar-refractivity contribution >= 4 is 25.3 Å². The van der Waals surface area contributed by atoms with Crippen LogP contribution >= 0.6 is 7.82 Å². The van der Waals surface area contributed by atoms with Gasteiger partial charge in [0.2, 0.25) is 5.78 Å². The first kappa shape index (κ1) is 31.1. The van der Waals surface area contributed by atoms with E-state index in [0.29, 0.717) is 5.56 Å². The van der Waals surface area contributed by atoms with E-state index in [1.54, 1.807) is 19.1 Å². The number of nitrogens with zero attached hydrogens (tertiary/aromatic N) is 1. The Kier molecular flexibility index (Phi) is 8.35. The van der Waals surface area contributed by atoms with Gasteiger partial charge in [0.1, 0.15) is 22.8 Å². The van der Waals surface area contributed by atoms with Crippen molar-refractivity contribution in [2.45, 2.75) is 30.6 Å². The van der Waals surface area contributed by atoms with Gasteiger partial charge in [-0.05, 0) is 31.6 Å². The van der Waals surface area contributed by atoms with Gasteiger partial charge < -0.3 is 51.4 Å². The summed E-state index contributed by atoms with van der Waals surface area (Å²) >= 11 is 0. The minimum Gasteiger partial charge on any atom is -0.510 e. The third kappa shape index (κ3) is 4.63. The van der Waals surface area contributed by atoms with E-state index in [1.807, 2.05) is 0 Å². The highest BCUT2D eigenvalue weighted by Crippen LogP contribution is 2.55. The lowest BCUT2D eigenvalue weighted by molar-refractivity contribution is -0.162. The predicted molar refractivity (Wildman–Crippen MR) is 128 cm³/mol. The smallest absolute Gasteiger partial charge is 0.466 e. The maximum atomic E-state index is 13.3. The van der Waals surface area contributed by atoms with E-state index >= 15 is 0 Å². The molecule has 1 amide bonds. The molecule has 0 saturated carbocycles. The van der Waals surface area contributed by atoms with Gasteiger partial charge in [0.05, 0.1) is 23.6 Å². The summed E-state index contributed by atoms with van der Waals surface area (Å²) in [4.78, 5) is 61.4. The maximum absolute atomic E-state index is 13.3. The molecular formula is C22H29N2O13P. The van der Waals surface area contributed by atoms with Crippen molar-refractivity contribution in [1.82, 2.24) is 4.90 Å². The minimum absolute atomic E-state index is 0. The van der Waals surface area contributed by atoms with Gasteiger partial charge in [0, 0.05) is 11.5 Å². The van der Waals surface area contributed by atoms with Crippen LogP contribution in [0.1, 0.15) is 28.8 Å². The Bertz CT molecular complexity index is 1290. The Morgan fingerprint density at radius 3 is 2.11 bits per heavy atom. The van der Waals surface area contributed by atoms with E-state index < -0.39 is 83.5 Å². The molecule has 4 rings (SSSR count). The van der Waals surface area contributed by atoms with E-state index in [-0.39, 0.29) is 16.8 Å². The van der Waals surface area contributed by atoms with Crippen LogP contribution in [0.15, 0.2) is 40.9 Å². The second kappa shape index (κ2) is 10.2. The summed E-state index contributed by atoms with van der Waals surface area (Å²) in [5.41, 5.74) is 1.36. The number of fused-ring (bicyclic) bond motifs is 3. The molecule has 0 saturated heterocycles. The number of ketones is 2. The Balaban J connectivity index is 0.000000774. The van der Waals surface area contributed by atoms with E-state index in [4.69, 9.17) is 25.0 Å². The maximum Gasteiger partial charge on any atom is 0.466 e. The average molecular weight is 560 g/mol. The molecule has 38 heavy (non-hydrogen) atoms. The zero-order valence-electron chi connectivity index (χ0n) is 20.3. The lowest BCUT2D eigenvalue weighted by atomic mass is 9.55. The van der Waals surface area contributed by atoms with Crippen LogP contribution in [-0.2, 0) is 14.2 Å². The van der Waals surface area contributed by atoms with Gasteiger partial charge in [0.15, 0.2) is 11.4 Å². The van der Waals surface area contributed by atoms with Gasteiger partial charge in [-0.15, -0.1) is 0 Å². The number of primary amides is 1. The predicted octanol–water partition coefficient (Wildman–Crippen LogP) is -2.10. The second-order valence-corrected chi connectivity index (χ2v) is 10.3. The van der Waals surface area contributed by atoms with Crippen molar-refractivity contribution in [3.63, 3.8) is 0 Å². The summed E-state index contributed by atoms with van der Waals surface area (Å²) in [5, 5.41) is 55.0. The largest absolute Gasteiger partial charge is 0.510 e. The first-order chi connectivity index (χ1) is 16.9. The number of carbonyl (C=O) groups excluding carboxylic acids is 3. The van der Waals surface area contributed by atoms with Gasteiger partial charge in [-0.2, -0.15) is 0 Å². The van der Waals surface area contributed by atoms with Crippen LogP contribution in [0.3, 0.4) is 0 Å². The number of phenolic OH excluding ortho intramolecular Hbond substituents is 1. The van der Waals surface area contributed by atoms with Crippen molar-refractivity contribution < 1.29 is 64.6 Å². The normalized spacial score (nSPS) is 30.5. The number of nitrogens with two attached hydrogens (primary N) is 1. The first-order valence-electron chi connectivity index (χ1n) is 10.8. The van der Waals surface area contributed by atoms with Crippen molar-refractivity contribution in [2.24, 2.45) is 17.6 Å². The standard InChI is InChI=1S/C22H24N2O8.H3O4P.H2O/c1-7-8-5-4-6-9(25)11(8)16(26)12-10(7)17(27)14-15(24(2)3)18(28)13(21(23)31)20(30)22(14,32)19(12)29;1-5(2,3)4;/h4-7,10,14-15,17,25,27-29,32H,1-3H3,(H2,23,31);(H3,1,2,3,4);1H2/t7-,10+,14+,15-,17-,22-;;/m0../s1. The fourth-order valence-corrected chi connectivity index (χ4v) is 5.58. The third-order valence-corrected chi connectivity index (χ3v) is 7.00. The molecule has 1 aromatic carbocycles. The summed E-state index contributed by atoms with van der Waals surface area (Å²) in [7, 11) is -1.66. The number of Topliss-reactive ketones (excluding diaryl/α,β-unsaturated/α-hetero) is 2. The number of phosphoric acid groups is 1. The van der Waals surface area contributed by atoms with E-state index in [0.717, 1.165) is 0 Å². The van der Waals surface area contributed by atoms with Gasteiger partial charge >= 0.3 is 7.82 Å². The zero-order valence-corrected chi connectivity index (χ0v) is 21.2. The monoisotopic (exact) mass is 560 g/mol. The molecule has 0 bridgehead atoms. The number of rotatable bonds is 2. The molecule has 0 radical (unpaired) electrons. The quantitative estimate of drug-likeness (QED) is 0.138. The molecule has 0 fully saturated rings. The summed E-state index contributed by atoms with van der Waals surface area (Å²) in [6, 6.07) is 3.17. The fraction of sp³-hybridized carbons (Fsp3) is 0.409. The molecule has 0 aromatic heterocycles. The first-order valence-corrected chi connectivity index (χ1v) is 12.4. The van der Waals surface area contributed by atoms with E-state index in [2.05, 4.69) is 0 Å². The molecule has 210 valence electrons. The van der Waals surface area contributed by atoms with Crippen molar-refractivity contribution in [3.05, 3.63) is 52.0 Å². The molecular weight excluding hydrogens is 531 g/mol. The number of phenols is 1. The molecule has 15 nitrogen and oxygen atoms in total. The Morgan fingerprint density at radius 1 is 1.11 bits per heavy atom. The molecule has 16 heteroatoms. The van der Waals surface area contributed by atoms with Crippen molar-refractivity contribution in [2.75, 3.05) is 14.1 Å². The van der Waals surface area contributed by atoms with Gasteiger partial charge in [-0.25, -0.2) is 4.57 Å². The molecule has 0 spiro atoms. The van der Waals surface area contributed by atoms with Gasteiger partial charge in [-0.3, -0.25) is 19.3 Å². The topological polar surface area (TPSA) is 291 Å². The highest BCUT2D eigenvalue weighted by atomic mass is 31.2. The van der Waals surface area contributed by atoms with Crippen LogP contribution in [0.25, 0.3) is 0 Å². The van der Waals surface area contributed by atoms with E-state index in [9.17, 15) is 39.9 Å². The summed E-state index contributed by atoms with van der Waals surface area (Å²) in [6.07, 6.45) is -1.59. The van der Waals surface area contributed by atoms with Gasteiger partial charge in [0.25, 0.3) is 5.91 Å². The van der Waals surface area contributed by atoms with Crippen molar-refractivity contribution in [3.8, 4) is 5.75 Å². The van der Waals surface area contributed by atoms with Crippen LogP contribution in [0.2, 0.25) is 0 Å². The molecule has 12 N–H and O–H groups in total. The Hall–Kier alpha value is -3.14. The Labute approximate surface area is 215 Å². The summed E-state index contributed by atoms with van der Waals surface area (Å²) in [5.74, 6) is -8.86. The number of aromatic hydroxyl groups is 1. The number of benzene rings is 1. The van der Waals surface area contributed by atoms with Crippen molar-refractivity contribution in [1.29, 1.82) is 0 Å². The zero-order chi connectivity index (χ0) is 28.4. The third-order valence-electron chi connectivity index (χ3n) is 7.00. The number of aliphatic hydroxyl groups excluding tert-OH is 3. The Morgan fingerprint density at radius 2 is 1.63 bits per heavy atom. The fourth-order valence-electron chi connectivity index (χ4n) is 5.58. The summed E-state index contributed by atoms with van der Waals surface area (Å²) < 4.78 is 8.88. The molecule has 0 unspecified atom stereocenters. The SMILES string of the molecule is C[C@H]1c2cccc(O)c2C(=O)C2=C(O)[C@]3(O)C(=O)C(C(N)=O)=C(O)[C@@H](N(C)C)[C@@H]3[C@@H](O)[C@@H]21.O.O=P(O)(O)O. The van der Waals surface area contributed by atoms with Crippen LogP contribution < -0.4 is 5.73 Å². The molecule has 6 atom stereocenters. The average Bonchev–Trinajstić information content (AvgIpc) is 2.74. The molecule has 0 aliphatic heterocycles. The highest BCUT2D eigenvalue weighted by molar-refractivity contribution is 7.45. The minimum atomic E-state index is -4.64. The summed E-state index contributed by atoms with van der Waals surface area (Å²) in [6.45, 7) is 1.68. The molecule has 3 aliphatic rings. The number of hydrogen-bond donors (Lipinski definition) is 9. The number of amides is 1. The second-order valence-electron chi connectivity index (χ2n) is 9.31. The number of likely N-dealkylation sites (N-methyl/N-ethyl adjacent to an activating group) is 1. The number of carbonyl (C=O) groups is 3. The number of hydrogen-bond acceptors (Lipinski definition) is 10. The lowest BCUT2D eigenvalue weighted by Crippen LogP contribution is -2.68. The van der Waals surface area contributed by atoms with Crippen LogP contribution in [0.4, 0.5) is 0 Å². The van der Waals surface area contributed by atoms with Crippen LogP contribution in [-0.4, -0.2) is 99.9 Å². The van der Waals surface area contributed by atoms with Crippen LogP contribution in [0.5, 0.6) is 5.75 Å². The highest BCUT2D eigenvalue weighted by Gasteiger charge is 2.67. The number of aliphatic hydroxyl groups is 4.